The van der Waals surface area contributed by atoms with E-state index in [9.17, 15) is 9.59 Å². The lowest BCUT2D eigenvalue weighted by molar-refractivity contribution is -0.191. The van der Waals surface area contributed by atoms with Crippen LogP contribution in [-0.4, -0.2) is 49.1 Å². The van der Waals surface area contributed by atoms with E-state index in [1.807, 2.05) is 6.92 Å². The fourth-order valence-electron chi connectivity index (χ4n) is 2.31. The number of ether oxygens (including phenoxy) is 3. The van der Waals surface area contributed by atoms with Gasteiger partial charge in [0.25, 0.3) is 0 Å². The Balaban J connectivity index is 2.82. The van der Waals surface area contributed by atoms with Crippen LogP contribution < -0.4 is 0 Å². The predicted molar refractivity (Wildman–Crippen MR) is 73.2 cm³/mol. The van der Waals surface area contributed by atoms with Crippen LogP contribution in [0, 0.1) is 0 Å². The molecular formula is C14H25NO5. The van der Waals surface area contributed by atoms with Crippen molar-refractivity contribution in [3.63, 3.8) is 0 Å². The first-order valence-corrected chi connectivity index (χ1v) is 7.37. The molecule has 1 aliphatic rings. The summed E-state index contributed by atoms with van der Waals surface area (Å²) in [5.41, 5.74) is -1.31. The maximum Gasteiger partial charge on any atom is 0.412 e. The standard InChI is InChI=1S/C14H25NO5/c1-4-7-11-19-12(16)14(20-6-3)9-8-10-15(14)13(17)18-5-2/h4-11H2,1-3H3/t14-/m1/s1. The van der Waals surface area contributed by atoms with Gasteiger partial charge < -0.3 is 14.2 Å². The Kier molecular flexibility index (Phi) is 6.78. The molecule has 0 unspecified atom stereocenters. The summed E-state index contributed by atoms with van der Waals surface area (Å²) in [5.74, 6) is -0.488. The van der Waals surface area contributed by atoms with Crippen LogP contribution in [0.4, 0.5) is 4.79 Å². The molecule has 116 valence electrons. The molecule has 0 spiro atoms. The van der Waals surface area contributed by atoms with Gasteiger partial charge in [0.2, 0.25) is 5.72 Å². The van der Waals surface area contributed by atoms with Crippen molar-refractivity contribution >= 4 is 12.1 Å². The van der Waals surface area contributed by atoms with Gasteiger partial charge in [-0.1, -0.05) is 13.3 Å². The van der Waals surface area contributed by atoms with Crippen LogP contribution in [0.15, 0.2) is 0 Å². The highest BCUT2D eigenvalue weighted by atomic mass is 16.6. The van der Waals surface area contributed by atoms with E-state index in [1.54, 1.807) is 13.8 Å². The Hall–Kier alpha value is -1.30. The van der Waals surface area contributed by atoms with Crippen LogP contribution in [0.3, 0.4) is 0 Å². The van der Waals surface area contributed by atoms with Crippen molar-refractivity contribution < 1.29 is 23.8 Å². The van der Waals surface area contributed by atoms with Gasteiger partial charge in [-0.15, -0.1) is 0 Å². The van der Waals surface area contributed by atoms with Gasteiger partial charge in [0, 0.05) is 19.6 Å². The van der Waals surface area contributed by atoms with Gasteiger partial charge in [0.05, 0.1) is 13.2 Å². The summed E-state index contributed by atoms with van der Waals surface area (Å²) in [6.45, 7) is 6.94. The first-order valence-electron chi connectivity index (χ1n) is 7.37. The zero-order valence-corrected chi connectivity index (χ0v) is 12.6. The number of unbranched alkanes of at least 4 members (excludes halogenated alkanes) is 1. The van der Waals surface area contributed by atoms with Gasteiger partial charge in [-0.2, -0.15) is 0 Å². The molecule has 0 aromatic rings. The summed E-state index contributed by atoms with van der Waals surface area (Å²) >= 11 is 0. The van der Waals surface area contributed by atoms with Crippen LogP contribution >= 0.6 is 0 Å². The molecule has 0 aromatic carbocycles. The van der Waals surface area contributed by atoms with E-state index >= 15 is 0 Å². The van der Waals surface area contributed by atoms with Gasteiger partial charge in [0.1, 0.15) is 0 Å². The Labute approximate surface area is 120 Å². The number of carbonyl (C=O) groups is 2. The highest BCUT2D eigenvalue weighted by Crippen LogP contribution is 2.32. The van der Waals surface area contributed by atoms with E-state index in [-0.39, 0.29) is 6.61 Å². The second-order valence-corrected chi connectivity index (χ2v) is 4.66. The van der Waals surface area contributed by atoms with Gasteiger partial charge >= 0.3 is 12.1 Å². The lowest BCUT2D eigenvalue weighted by Gasteiger charge is -2.34. The van der Waals surface area contributed by atoms with E-state index in [2.05, 4.69) is 0 Å². The van der Waals surface area contributed by atoms with E-state index in [0.717, 1.165) is 12.8 Å². The molecule has 1 saturated heterocycles. The molecule has 0 bridgehead atoms. The zero-order chi connectivity index (χ0) is 15.0. The van der Waals surface area contributed by atoms with Crippen molar-refractivity contribution in [3.8, 4) is 0 Å². The van der Waals surface area contributed by atoms with Crippen LogP contribution in [0.25, 0.3) is 0 Å². The summed E-state index contributed by atoms with van der Waals surface area (Å²) in [6, 6.07) is 0. The maximum absolute atomic E-state index is 12.4. The van der Waals surface area contributed by atoms with Gasteiger partial charge in [-0.25, -0.2) is 9.59 Å². The third kappa shape index (κ3) is 3.62. The molecule has 0 aliphatic carbocycles. The third-order valence-corrected chi connectivity index (χ3v) is 3.25. The average Bonchev–Trinajstić information content (AvgIpc) is 2.84. The molecule has 0 N–H and O–H groups in total. The Morgan fingerprint density at radius 1 is 1.15 bits per heavy atom. The molecule has 6 nitrogen and oxygen atoms in total. The molecule has 0 radical (unpaired) electrons. The zero-order valence-electron chi connectivity index (χ0n) is 12.6. The molecular weight excluding hydrogens is 262 g/mol. The first kappa shape index (κ1) is 16.8. The summed E-state index contributed by atoms with van der Waals surface area (Å²) in [5, 5.41) is 0. The minimum atomic E-state index is -1.31. The maximum atomic E-state index is 12.4. The minimum Gasteiger partial charge on any atom is -0.462 e. The molecule has 0 saturated carbocycles. The van der Waals surface area contributed by atoms with E-state index in [4.69, 9.17) is 14.2 Å². The monoisotopic (exact) mass is 287 g/mol. The van der Waals surface area contributed by atoms with Crippen molar-refractivity contribution in [1.82, 2.24) is 4.90 Å². The van der Waals surface area contributed by atoms with E-state index in [1.165, 1.54) is 4.90 Å². The molecule has 1 aliphatic heterocycles. The first-order chi connectivity index (χ1) is 9.62. The number of nitrogens with zero attached hydrogens (tertiary/aromatic N) is 1. The van der Waals surface area contributed by atoms with Gasteiger partial charge in [-0.3, -0.25) is 4.90 Å². The summed E-state index contributed by atoms with van der Waals surface area (Å²) in [7, 11) is 0. The average molecular weight is 287 g/mol. The Bertz CT molecular complexity index is 334. The van der Waals surface area contributed by atoms with E-state index < -0.39 is 17.8 Å². The van der Waals surface area contributed by atoms with Crippen LogP contribution in [0.2, 0.25) is 0 Å². The number of likely N-dealkylation sites (tertiary alicyclic amines) is 1. The second kappa shape index (κ2) is 8.09. The Morgan fingerprint density at radius 3 is 2.50 bits per heavy atom. The largest absolute Gasteiger partial charge is 0.462 e. The summed E-state index contributed by atoms with van der Waals surface area (Å²) in [6.07, 6.45) is 2.36. The number of hydrogen-bond acceptors (Lipinski definition) is 5. The van der Waals surface area contributed by atoms with Crippen LogP contribution in [0.1, 0.15) is 46.5 Å². The van der Waals surface area contributed by atoms with Crippen LogP contribution in [0.5, 0.6) is 0 Å². The summed E-state index contributed by atoms with van der Waals surface area (Å²) < 4.78 is 15.9. The van der Waals surface area contributed by atoms with Crippen molar-refractivity contribution in [2.24, 2.45) is 0 Å². The quantitative estimate of drug-likeness (QED) is 0.531. The van der Waals surface area contributed by atoms with Crippen LogP contribution in [-0.2, 0) is 19.0 Å². The molecule has 6 heteroatoms. The van der Waals surface area contributed by atoms with E-state index in [0.29, 0.717) is 32.6 Å². The van der Waals surface area contributed by atoms with Gasteiger partial charge in [0.15, 0.2) is 0 Å². The lowest BCUT2D eigenvalue weighted by atomic mass is 10.1. The minimum absolute atomic E-state index is 0.266. The number of hydrogen-bond donors (Lipinski definition) is 0. The van der Waals surface area contributed by atoms with Gasteiger partial charge in [-0.05, 0) is 26.7 Å². The molecule has 1 heterocycles. The summed E-state index contributed by atoms with van der Waals surface area (Å²) in [4.78, 5) is 25.7. The van der Waals surface area contributed by atoms with Crippen molar-refractivity contribution in [3.05, 3.63) is 0 Å². The molecule has 1 atom stereocenters. The molecule has 1 amide bonds. The third-order valence-electron chi connectivity index (χ3n) is 3.25. The smallest absolute Gasteiger partial charge is 0.412 e. The van der Waals surface area contributed by atoms with Crippen molar-refractivity contribution in [1.29, 1.82) is 0 Å². The number of esters is 1. The van der Waals surface area contributed by atoms with Crippen molar-refractivity contribution in [2.75, 3.05) is 26.4 Å². The molecule has 1 rings (SSSR count). The lowest BCUT2D eigenvalue weighted by Crippen LogP contribution is -2.56. The SMILES string of the molecule is CCCCOC(=O)[C@]1(OCC)CCCN1C(=O)OCC. The highest BCUT2D eigenvalue weighted by Gasteiger charge is 2.53. The fraction of sp³-hybridized carbons (Fsp3) is 0.857. The Morgan fingerprint density at radius 2 is 1.90 bits per heavy atom. The highest BCUT2D eigenvalue weighted by molar-refractivity contribution is 5.85. The second-order valence-electron chi connectivity index (χ2n) is 4.66. The van der Waals surface area contributed by atoms with Crippen molar-refractivity contribution in [2.45, 2.75) is 52.2 Å². The fourth-order valence-corrected chi connectivity index (χ4v) is 2.31. The normalized spacial score (nSPS) is 21.9. The molecule has 1 fully saturated rings. The number of carbonyl (C=O) groups excluding carboxylic acids is 2. The predicted octanol–water partition coefficient (Wildman–Crippen LogP) is 2.31. The molecule has 0 aromatic heterocycles. The number of rotatable bonds is 7. The number of amides is 1. The molecule has 20 heavy (non-hydrogen) atoms. The topological polar surface area (TPSA) is 65.1 Å².